The molecule has 0 atom stereocenters. The van der Waals surface area contributed by atoms with Crippen LogP contribution in [0.2, 0.25) is 0 Å². The smallest absolute Gasteiger partial charge is 0.475 e. The topological polar surface area (TPSA) is 88.3 Å². The van der Waals surface area contributed by atoms with Gasteiger partial charge in [-0.2, -0.15) is 31.4 Å². The molecule has 1 saturated heterocycles. The molecule has 4 rings (SSSR count). The van der Waals surface area contributed by atoms with Gasteiger partial charge < -0.3 is 10.0 Å². The van der Waals surface area contributed by atoms with E-state index in [-0.39, 0.29) is 6.54 Å². The Bertz CT molecular complexity index is 1250. The lowest BCUT2D eigenvalue weighted by atomic mass is 10.0. The van der Waals surface area contributed by atoms with Crippen molar-refractivity contribution < 1.29 is 49.8 Å². The lowest BCUT2D eigenvalue weighted by Crippen LogP contribution is -2.59. The first-order valence-electron chi connectivity index (χ1n) is 9.52. The Morgan fingerprint density at radius 3 is 2.17 bits per heavy atom. The van der Waals surface area contributed by atoms with E-state index in [4.69, 9.17) is 9.90 Å². The van der Waals surface area contributed by atoms with Crippen LogP contribution in [0.3, 0.4) is 0 Å². The molecule has 2 aromatic heterocycles. The van der Waals surface area contributed by atoms with Crippen LogP contribution in [0.15, 0.2) is 42.7 Å². The molecule has 0 saturated carbocycles. The van der Waals surface area contributed by atoms with Crippen molar-refractivity contribution in [2.45, 2.75) is 24.8 Å². The standard InChI is InChI=1S/C18H13F5N4O.C2HF3O2/c19-17(20)9-26(10-17)16(28)8-27-15-5-12(6-24-14(15)7-25-27)11-2-1-3-13(4-11)18(21,22)23;3-2(4,5)1(6)7/h1-7H,8-10H2;(H,6,7). The Morgan fingerprint density at radius 2 is 1.63 bits per heavy atom. The number of aromatic nitrogens is 3. The molecular formula is C20H14F8N4O3. The van der Waals surface area contributed by atoms with E-state index >= 15 is 0 Å². The van der Waals surface area contributed by atoms with E-state index in [0.29, 0.717) is 22.2 Å². The minimum absolute atomic E-state index is 0.257. The summed E-state index contributed by atoms with van der Waals surface area (Å²) in [5.41, 5.74) is 0.814. The van der Waals surface area contributed by atoms with Crippen LogP contribution in [0.1, 0.15) is 5.56 Å². The van der Waals surface area contributed by atoms with Crippen LogP contribution in [0.4, 0.5) is 35.1 Å². The van der Waals surface area contributed by atoms with Crippen molar-refractivity contribution in [3.05, 3.63) is 48.3 Å². The van der Waals surface area contributed by atoms with Gasteiger partial charge in [0, 0.05) is 11.8 Å². The molecule has 35 heavy (non-hydrogen) atoms. The predicted molar refractivity (Wildman–Crippen MR) is 103 cm³/mol. The average molecular weight is 510 g/mol. The lowest BCUT2D eigenvalue weighted by Gasteiger charge is -2.38. The van der Waals surface area contributed by atoms with Gasteiger partial charge in [-0.15, -0.1) is 0 Å². The largest absolute Gasteiger partial charge is 0.490 e. The molecule has 1 aliphatic rings. The Morgan fingerprint density at radius 1 is 1.00 bits per heavy atom. The van der Waals surface area contributed by atoms with Gasteiger partial charge in [-0.1, -0.05) is 12.1 Å². The highest BCUT2D eigenvalue weighted by molar-refractivity contribution is 5.83. The van der Waals surface area contributed by atoms with E-state index < -0.39 is 48.8 Å². The number of alkyl halides is 8. The number of carbonyl (C=O) groups is 2. The number of hydrogen-bond donors (Lipinski definition) is 1. The van der Waals surface area contributed by atoms with Gasteiger partial charge in [0.05, 0.1) is 30.4 Å². The molecule has 7 nitrogen and oxygen atoms in total. The van der Waals surface area contributed by atoms with Crippen molar-refractivity contribution >= 4 is 22.9 Å². The van der Waals surface area contributed by atoms with Crippen molar-refractivity contribution in [3.8, 4) is 11.1 Å². The molecule has 1 aliphatic heterocycles. The summed E-state index contributed by atoms with van der Waals surface area (Å²) in [6, 6.07) is 6.38. The molecular weight excluding hydrogens is 496 g/mol. The minimum Gasteiger partial charge on any atom is -0.475 e. The fraction of sp³-hybridized carbons (Fsp3) is 0.300. The number of carboxylic acid groups (broad SMARTS) is 1. The predicted octanol–water partition coefficient (Wildman–Crippen LogP) is 4.23. The first kappa shape index (κ1) is 25.8. The highest BCUT2D eigenvalue weighted by Crippen LogP contribution is 2.33. The second-order valence-corrected chi connectivity index (χ2v) is 7.42. The number of likely N-dealkylation sites (tertiary alicyclic amines) is 1. The van der Waals surface area contributed by atoms with Gasteiger partial charge >= 0.3 is 18.3 Å². The van der Waals surface area contributed by atoms with Crippen molar-refractivity contribution in [1.82, 2.24) is 19.7 Å². The van der Waals surface area contributed by atoms with Gasteiger partial charge in [-0.25, -0.2) is 13.6 Å². The van der Waals surface area contributed by atoms with E-state index in [0.717, 1.165) is 17.0 Å². The second-order valence-electron chi connectivity index (χ2n) is 7.42. The molecule has 3 heterocycles. The zero-order chi connectivity index (χ0) is 26.2. The van der Waals surface area contributed by atoms with E-state index in [2.05, 4.69) is 10.1 Å². The van der Waals surface area contributed by atoms with E-state index in [1.54, 1.807) is 6.07 Å². The number of hydrogen-bond acceptors (Lipinski definition) is 4. The van der Waals surface area contributed by atoms with Gasteiger partial charge in [0.1, 0.15) is 12.1 Å². The molecule has 15 heteroatoms. The molecule has 0 radical (unpaired) electrons. The second kappa shape index (κ2) is 9.11. The number of pyridine rings is 1. The Balaban J connectivity index is 0.000000429. The summed E-state index contributed by atoms with van der Waals surface area (Å²) < 4.78 is 97.7. The molecule has 1 N–H and O–H groups in total. The van der Waals surface area contributed by atoms with Crippen LogP contribution >= 0.6 is 0 Å². The normalized spacial score (nSPS) is 15.3. The number of nitrogens with zero attached hydrogens (tertiary/aromatic N) is 4. The zero-order valence-electron chi connectivity index (χ0n) is 17.2. The fourth-order valence-corrected chi connectivity index (χ4v) is 3.03. The van der Waals surface area contributed by atoms with Gasteiger partial charge in [-0.05, 0) is 23.8 Å². The van der Waals surface area contributed by atoms with Gasteiger partial charge in [0.2, 0.25) is 5.91 Å². The van der Waals surface area contributed by atoms with E-state index in [1.165, 1.54) is 29.2 Å². The van der Waals surface area contributed by atoms with Crippen LogP contribution in [-0.2, 0) is 22.3 Å². The van der Waals surface area contributed by atoms with Crippen molar-refractivity contribution in [3.63, 3.8) is 0 Å². The van der Waals surface area contributed by atoms with Crippen molar-refractivity contribution in [2.24, 2.45) is 0 Å². The Labute approximate surface area is 190 Å². The summed E-state index contributed by atoms with van der Waals surface area (Å²) in [5, 5.41) is 11.2. The zero-order valence-corrected chi connectivity index (χ0v) is 17.2. The third kappa shape index (κ3) is 6.22. The van der Waals surface area contributed by atoms with Gasteiger partial charge in [0.25, 0.3) is 5.92 Å². The first-order chi connectivity index (χ1) is 16.1. The number of rotatable bonds is 3. The van der Waals surface area contributed by atoms with Crippen LogP contribution in [0.5, 0.6) is 0 Å². The van der Waals surface area contributed by atoms with Crippen LogP contribution < -0.4 is 0 Å². The van der Waals surface area contributed by atoms with Gasteiger partial charge in [-0.3, -0.25) is 14.5 Å². The number of carboxylic acids is 1. The number of aliphatic carboxylic acids is 1. The summed E-state index contributed by atoms with van der Waals surface area (Å²) in [7, 11) is 0. The maximum Gasteiger partial charge on any atom is 0.490 e. The fourth-order valence-electron chi connectivity index (χ4n) is 3.03. The summed E-state index contributed by atoms with van der Waals surface area (Å²) >= 11 is 0. The Kier molecular flexibility index (Phi) is 6.72. The SMILES string of the molecule is O=C(Cn1ncc2ncc(-c3cccc(C(F)(F)F)c3)cc21)N1CC(F)(F)C1.O=C(O)C(F)(F)F. The molecule has 1 aromatic carbocycles. The van der Waals surface area contributed by atoms with Gasteiger partial charge in [0.15, 0.2) is 0 Å². The summed E-state index contributed by atoms with van der Waals surface area (Å²) in [5.74, 6) is -6.13. The first-order valence-corrected chi connectivity index (χ1v) is 9.52. The van der Waals surface area contributed by atoms with E-state index in [1.807, 2.05) is 0 Å². The molecule has 0 bridgehead atoms. The highest BCUT2D eigenvalue weighted by atomic mass is 19.4. The molecule has 0 aliphatic carbocycles. The lowest BCUT2D eigenvalue weighted by molar-refractivity contribution is -0.192. The summed E-state index contributed by atoms with van der Waals surface area (Å²) in [4.78, 5) is 26.2. The maximum absolute atomic E-state index is 12.9. The third-order valence-corrected chi connectivity index (χ3v) is 4.74. The number of fused-ring (bicyclic) bond motifs is 1. The average Bonchev–Trinajstić information content (AvgIpc) is 3.13. The summed E-state index contributed by atoms with van der Waals surface area (Å²) in [6.07, 6.45) is -6.73. The quantitative estimate of drug-likeness (QED) is 0.533. The number of carbonyl (C=O) groups excluding carboxylic acids is 1. The molecule has 0 unspecified atom stereocenters. The molecule has 0 spiro atoms. The third-order valence-electron chi connectivity index (χ3n) is 4.74. The molecule has 188 valence electrons. The molecule has 1 amide bonds. The molecule has 3 aromatic rings. The monoisotopic (exact) mass is 510 g/mol. The minimum atomic E-state index is -5.08. The van der Waals surface area contributed by atoms with E-state index in [9.17, 15) is 39.9 Å². The summed E-state index contributed by atoms with van der Waals surface area (Å²) in [6.45, 7) is -1.51. The van der Waals surface area contributed by atoms with Crippen LogP contribution in [0, 0.1) is 0 Å². The number of benzene rings is 1. The maximum atomic E-state index is 12.9. The molecule has 1 fully saturated rings. The van der Waals surface area contributed by atoms with Crippen LogP contribution in [-0.4, -0.2) is 61.8 Å². The van der Waals surface area contributed by atoms with Crippen molar-refractivity contribution in [1.29, 1.82) is 0 Å². The highest BCUT2D eigenvalue weighted by Gasteiger charge is 2.46. The number of amides is 1. The number of halogens is 8. The Hall–Kier alpha value is -3.78. The van der Waals surface area contributed by atoms with Crippen LogP contribution in [0.25, 0.3) is 22.2 Å². The van der Waals surface area contributed by atoms with Crippen molar-refractivity contribution in [2.75, 3.05) is 13.1 Å².